The van der Waals surface area contributed by atoms with E-state index in [1.165, 1.54) is 0 Å². The van der Waals surface area contributed by atoms with Crippen LogP contribution >= 0.6 is 0 Å². The standard InChI is InChI=1S/C18H17N5O3/c1-2-11(8-19)10-25-17-4-3-16-21-9-13(23(16)22-17)15-7-12-14(26-15)5-6-20-18(12)24/h2-7,9H,8,10,19H2,1H3,(H,20,24). The zero-order chi connectivity index (χ0) is 18.1. The van der Waals surface area contributed by atoms with Gasteiger partial charge in [-0.1, -0.05) is 6.08 Å². The lowest BCUT2D eigenvalue weighted by Crippen LogP contribution is -2.12. The molecule has 4 aromatic rings. The fourth-order valence-electron chi connectivity index (χ4n) is 2.63. The van der Waals surface area contributed by atoms with Crippen LogP contribution < -0.4 is 16.0 Å². The molecule has 0 aliphatic heterocycles. The number of nitrogens with two attached hydrogens (primary N) is 1. The van der Waals surface area contributed by atoms with E-state index in [0.29, 0.717) is 47.1 Å². The Morgan fingerprint density at radius 3 is 3.08 bits per heavy atom. The van der Waals surface area contributed by atoms with E-state index in [9.17, 15) is 4.79 Å². The number of aromatic amines is 1. The van der Waals surface area contributed by atoms with Crippen LogP contribution in [0, 0.1) is 0 Å². The van der Waals surface area contributed by atoms with E-state index in [4.69, 9.17) is 14.9 Å². The van der Waals surface area contributed by atoms with E-state index in [1.807, 2.05) is 13.0 Å². The molecule has 0 atom stereocenters. The molecular formula is C18H17N5O3. The van der Waals surface area contributed by atoms with Gasteiger partial charge in [-0.05, 0) is 30.7 Å². The van der Waals surface area contributed by atoms with Crippen LogP contribution in [0.3, 0.4) is 0 Å². The highest BCUT2D eigenvalue weighted by Crippen LogP contribution is 2.26. The minimum atomic E-state index is -0.205. The zero-order valence-corrected chi connectivity index (χ0v) is 14.1. The number of fused-ring (bicyclic) bond motifs is 2. The molecule has 8 nitrogen and oxygen atoms in total. The summed E-state index contributed by atoms with van der Waals surface area (Å²) in [6.07, 6.45) is 5.12. The van der Waals surface area contributed by atoms with Gasteiger partial charge >= 0.3 is 0 Å². The normalized spacial score (nSPS) is 12.2. The lowest BCUT2D eigenvalue weighted by molar-refractivity contribution is 0.331. The first kappa shape index (κ1) is 16.1. The first-order valence-corrected chi connectivity index (χ1v) is 8.13. The second kappa shape index (κ2) is 6.49. The van der Waals surface area contributed by atoms with Crippen LogP contribution in [0.5, 0.6) is 5.88 Å². The second-order valence-electron chi connectivity index (χ2n) is 5.72. The largest absolute Gasteiger partial charge is 0.472 e. The average Bonchev–Trinajstić information content (AvgIpc) is 3.26. The fraction of sp³-hybridized carbons (Fsp3) is 0.167. The molecule has 26 heavy (non-hydrogen) atoms. The van der Waals surface area contributed by atoms with Crippen molar-refractivity contribution >= 4 is 16.6 Å². The molecule has 0 fully saturated rings. The predicted octanol–water partition coefficient (Wildman–Crippen LogP) is 2.11. The summed E-state index contributed by atoms with van der Waals surface area (Å²) in [6.45, 7) is 2.72. The highest BCUT2D eigenvalue weighted by Gasteiger charge is 2.14. The van der Waals surface area contributed by atoms with Crippen molar-refractivity contribution in [3.63, 3.8) is 0 Å². The lowest BCUT2D eigenvalue weighted by atomic mass is 10.3. The summed E-state index contributed by atoms with van der Waals surface area (Å²) in [5, 5.41) is 4.94. The number of furan rings is 1. The van der Waals surface area contributed by atoms with Gasteiger partial charge in [0.05, 0.1) is 11.6 Å². The van der Waals surface area contributed by atoms with E-state index in [2.05, 4.69) is 15.1 Å². The van der Waals surface area contributed by atoms with Crippen LogP contribution in [0.4, 0.5) is 0 Å². The van der Waals surface area contributed by atoms with Gasteiger partial charge in [0.15, 0.2) is 11.4 Å². The van der Waals surface area contributed by atoms with Crippen LogP contribution in [0.1, 0.15) is 6.92 Å². The number of hydrogen-bond donors (Lipinski definition) is 2. The minimum Gasteiger partial charge on any atom is -0.472 e. The molecular weight excluding hydrogens is 334 g/mol. The first-order chi connectivity index (χ1) is 12.7. The van der Waals surface area contributed by atoms with Crippen LogP contribution in [0.25, 0.3) is 28.1 Å². The molecule has 0 unspecified atom stereocenters. The summed E-state index contributed by atoms with van der Waals surface area (Å²) >= 11 is 0. The Balaban J connectivity index is 1.74. The second-order valence-corrected chi connectivity index (χ2v) is 5.72. The third-order valence-corrected chi connectivity index (χ3v) is 4.12. The van der Waals surface area contributed by atoms with Gasteiger partial charge in [0.1, 0.15) is 17.9 Å². The summed E-state index contributed by atoms with van der Waals surface area (Å²) in [4.78, 5) is 18.8. The molecule has 4 aromatic heterocycles. The molecule has 0 saturated heterocycles. The molecule has 0 aromatic carbocycles. The van der Waals surface area contributed by atoms with Crippen molar-refractivity contribution in [3.05, 3.63) is 58.7 Å². The third kappa shape index (κ3) is 2.76. The number of pyridine rings is 1. The number of nitrogens with one attached hydrogen (secondary N) is 1. The molecule has 0 saturated carbocycles. The Bertz CT molecular complexity index is 1170. The molecule has 0 spiro atoms. The maximum atomic E-state index is 11.9. The van der Waals surface area contributed by atoms with E-state index >= 15 is 0 Å². The third-order valence-electron chi connectivity index (χ3n) is 4.12. The van der Waals surface area contributed by atoms with Crippen molar-refractivity contribution < 1.29 is 9.15 Å². The molecule has 0 radical (unpaired) electrons. The summed E-state index contributed by atoms with van der Waals surface area (Å²) in [5.41, 5.74) is 8.20. The monoisotopic (exact) mass is 351 g/mol. The quantitative estimate of drug-likeness (QED) is 0.533. The molecule has 0 aliphatic carbocycles. The fourth-order valence-corrected chi connectivity index (χ4v) is 2.63. The number of allylic oxidation sites excluding steroid dienone is 1. The van der Waals surface area contributed by atoms with Gasteiger partial charge < -0.3 is 19.9 Å². The van der Waals surface area contributed by atoms with Gasteiger partial charge in [0, 0.05) is 18.8 Å². The predicted molar refractivity (Wildman–Crippen MR) is 97.1 cm³/mol. The number of imidazole rings is 1. The van der Waals surface area contributed by atoms with Gasteiger partial charge in [0.2, 0.25) is 5.88 Å². The van der Waals surface area contributed by atoms with Gasteiger partial charge in [-0.25, -0.2) is 9.50 Å². The maximum Gasteiger partial charge on any atom is 0.259 e. The van der Waals surface area contributed by atoms with Crippen molar-refractivity contribution in [1.29, 1.82) is 0 Å². The van der Waals surface area contributed by atoms with Crippen molar-refractivity contribution in [2.45, 2.75) is 6.92 Å². The zero-order valence-electron chi connectivity index (χ0n) is 14.1. The van der Waals surface area contributed by atoms with Gasteiger partial charge in [0.25, 0.3) is 5.56 Å². The van der Waals surface area contributed by atoms with Crippen molar-refractivity contribution in [2.75, 3.05) is 13.2 Å². The van der Waals surface area contributed by atoms with Gasteiger partial charge in [-0.3, -0.25) is 4.79 Å². The molecule has 132 valence electrons. The Morgan fingerprint density at radius 2 is 2.31 bits per heavy atom. The van der Waals surface area contributed by atoms with E-state index < -0.39 is 0 Å². The van der Waals surface area contributed by atoms with Crippen LogP contribution in [-0.2, 0) is 0 Å². The molecule has 4 rings (SSSR count). The smallest absolute Gasteiger partial charge is 0.259 e. The lowest BCUT2D eigenvalue weighted by Gasteiger charge is -2.07. The summed E-state index contributed by atoms with van der Waals surface area (Å²) in [5.74, 6) is 0.948. The number of rotatable bonds is 5. The molecule has 0 amide bonds. The highest BCUT2D eigenvalue weighted by atomic mass is 16.5. The molecule has 4 heterocycles. The molecule has 0 aliphatic rings. The number of nitrogens with zero attached hydrogens (tertiary/aromatic N) is 3. The summed E-state index contributed by atoms with van der Waals surface area (Å²) in [7, 11) is 0. The maximum absolute atomic E-state index is 11.9. The van der Waals surface area contributed by atoms with Gasteiger partial charge in [-0.2, -0.15) is 0 Å². The van der Waals surface area contributed by atoms with E-state index in [1.54, 1.807) is 41.2 Å². The van der Waals surface area contributed by atoms with E-state index in [-0.39, 0.29) is 5.56 Å². The Labute approximate surface area is 147 Å². The average molecular weight is 351 g/mol. The van der Waals surface area contributed by atoms with Crippen molar-refractivity contribution in [1.82, 2.24) is 19.6 Å². The number of H-pyrrole nitrogens is 1. The van der Waals surface area contributed by atoms with Crippen LogP contribution in [0.2, 0.25) is 0 Å². The van der Waals surface area contributed by atoms with Gasteiger partial charge in [-0.15, -0.1) is 5.10 Å². The molecule has 0 bridgehead atoms. The Hall–Kier alpha value is -3.39. The number of aromatic nitrogens is 4. The van der Waals surface area contributed by atoms with Crippen molar-refractivity contribution in [2.24, 2.45) is 5.73 Å². The summed E-state index contributed by atoms with van der Waals surface area (Å²) in [6, 6.07) is 6.94. The molecule has 3 N–H and O–H groups in total. The molecule has 8 heteroatoms. The van der Waals surface area contributed by atoms with Crippen LogP contribution in [0.15, 0.2) is 57.5 Å². The van der Waals surface area contributed by atoms with E-state index in [0.717, 1.165) is 5.57 Å². The highest BCUT2D eigenvalue weighted by molar-refractivity contribution is 5.81. The number of hydrogen-bond acceptors (Lipinski definition) is 6. The Morgan fingerprint density at radius 1 is 1.42 bits per heavy atom. The topological polar surface area (TPSA) is 111 Å². The first-order valence-electron chi connectivity index (χ1n) is 8.13. The Kier molecular flexibility index (Phi) is 4.02. The van der Waals surface area contributed by atoms with Crippen LogP contribution in [-0.4, -0.2) is 32.7 Å². The SMILES string of the molecule is CC=C(CN)COc1ccc2ncc(-c3cc4c(=O)[nH]ccc4o3)n2n1. The summed E-state index contributed by atoms with van der Waals surface area (Å²) < 4.78 is 13.1. The van der Waals surface area contributed by atoms with Crippen molar-refractivity contribution in [3.8, 4) is 17.3 Å². The minimum absolute atomic E-state index is 0.205. The number of ether oxygens (including phenoxy) is 1.